The van der Waals surface area contributed by atoms with E-state index in [0.717, 1.165) is 32.7 Å². The Morgan fingerprint density at radius 2 is 2.39 bits per heavy atom. The molecular weight excluding hydrogens is 296 g/mol. The van der Waals surface area contributed by atoms with E-state index in [1.807, 2.05) is 6.07 Å². The standard InChI is InChI=1S/C16H26N4O3/c1-3-13-12-20(9-10-23-13)8-7-18-16(21)19-11-14-15(22-2)5-4-6-17-14/h4-6,13H,3,7-12H2,1-2H3,(H2,18,19,21). The lowest BCUT2D eigenvalue weighted by molar-refractivity contribution is -0.0288. The van der Waals surface area contributed by atoms with Crippen molar-refractivity contribution in [1.29, 1.82) is 0 Å². The van der Waals surface area contributed by atoms with Gasteiger partial charge < -0.3 is 20.1 Å². The van der Waals surface area contributed by atoms with Crippen molar-refractivity contribution in [2.24, 2.45) is 0 Å². The van der Waals surface area contributed by atoms with Crippen molar-refractivity contribution in [1.82, 2.24) is 20.5 Å². The zero-order valence-corrected chi connectivity index (χ0v) is 13.9. The second-order valence-corrected chi connectivity index (χ2v) is 5.46. The molecule has 2 heterocycles. The second kappa shape index (κ2) is 9.32. The summed E-state index contributed by atoms with van der Waals surface area (Å²) in [6.07, 6.45) is 3.02. The van der Waals surface area contributed by atoms with E-state index in [-0.39, 0.29) is 6.03 Å². The molecule has 1 aromatic heterocycles. The largest absolute Gasteiger partial charge is 0.495 e. The van der Waals surface area contributed by atoms with E-state index in [0.29, 0.717) is 30.6 Å². The van der Waals surface area contributed by atoms with E-state index in [2.05, 4.69) is 27.4 Å². The number of nitrogens with zero attached hydrogens (tertiary/aromatic N) is 2. The van der Waals surface area contributed by atoms with E-state index in [1.54, 1.807) is 19.4 Å². The lowest BCUT2D eigenvalue weighted by Gasteiger charge is -2.32. The van der Waals surface area contributed by atoms with Gasteiger partial charge in [-0.1, -0.05) is 6.92 Å². The average molecular weight is 322 g/mol. The molecule has 7 nitrogen and oxygen atoms in total. The fourth-order valence-electron chi connectivity index (χ4n) is 2.53. The molecule has 7 heteroatoms. The molecule has 1 aromatic rings. The van der Waals surface area contributed by atoms with Crippen molar-refractivity contribution in [3.63, 3.8) is 0 Å². The Labute approximate surface area is 137 Å². The first kappa shape index (κ1) is 17.5. The Balaban J connectivity index is 1.65. The molecule has 1 fully saturated rings. The smallest absolute Gasteiger partial charge is 0.315 e. The van der Waals surface area contributed by atoms with Crippen LogP contribution in [-0.2, 0) is 11.3 Å². The SMILES string of the molecule is CCC1CN(CCNC(=O)NCc2ncccc2OC)CCO1. The number of urea groups is 1. The lowest BCUT2D eigenvalue weighted by Crippen LogP contribution is -2.46. The summed E-state index contributed by atoms with van der Waals surface area (Å²) in [5, 5.41) is 5.67. The molecule has 2 rings (SSSR count). The van der Waals surface area contributed by atoms with Crippen LogP contribution in [0, 0.1) is 0 Å². The van der Waals surface area contributed by atoms with E-state index >= 15 is 0 Å². The van der Waals surface area contributed by atoms with Crippen molar-refractivity contribution in [3.05, 3.63) is 24.0 Å². The maximum Gasteiger partial charge on any atom is 0.315 e. The van der Waals surface area contributed by atoms with Crippen molar-refractivity contribution in [3.8, 4) is 5.75 Å². The fraction of sp³-hybridized carbons (Fsp3) is 0.625. The van der Waals surface area contributed by atoms with Crippen LogP contribution in [0.15, 0.2) is 18.3 Å². The Kier molecular flexibility index (Phi) is 7.09. The monoisotopic (exact) mass is 322 g/mol. The summed E-state index contributed by atoms with van der Waals surface area (Å²) >= 11 is 0. The van der Waals surface area contributed by atoms with Gasteiger partial charge in [-0.25, -0.2) is 4.79 Å². The molecule has 1 unspecified atom stereocenters. The number of nitrogens with one attached hydrogen (secondary N) is 2. The highest BCUT2D eigenvalue weighted by Gasteiger charge is 2.18. The third-order valence-corrected chi connectivity index (χ3v) is 3.88. The predicted octanol–water partition coefficient (Wildman–Crippen LogP) is 1.00. The molecular formula is C16H26N4O3. The number of carbonyl (C=O) groups excluding carboxylic acids is 1. The minimum atomic E-state index is -0.196. The molecule has 2 amide bonds. The van der Waals surface area contributed by atoms with Crippen LogP contribution in [0.1, 0.15) is 19.0 Å². The number of amides is 2. The minimum Gasteiger partial charge on any atom is -0.495 e. The number of ether oxygens (including phenoxy) is 2. The Bertz CT molecular complexity index is 498. The number of pyridine rings is 1. The van der Waals surface area contributed by atoms with Gasteiger partial charge in [-0.2, -0.15) is 0 Å². The van der Waals surface area contributed by atoms with E-state index < -0.39 is 0 Å². The third kappa shape index (κ3) is 5.69. The summed E-state index contributed by atoms with van der Waals surface area (Å²) in [6, 6.07) is 3.43. The Morgan fingerprint density at radius 3 is 3.17 bits per heavy atom. The molecule has 1 aliphatic rings. The number of hydrogen-bond donors (Lipinski definition) is 2. The molecule has 0 aromatic carbocycles. The van der Waals surface area contributed by atoms with Crippen molar-refractivity contribution in [2.75, 3.05) is 39.9 Å². The third-order valence-electron chi connectivity index (χ3n) is 3.88. The fourth-order valence-corrected chi connectivity index (χ4v) is 2.53. The summed E-state index contributed by atoms with van der Waals surface area (Å²) in [5.41, 5.74) is 0.712. The number of hydrogen-bond acceptors (Lipinski definition) is 5. The van der Waals surface area contributed by atoms with Gasteiger partial charge in [0.25, 0.3) is 0 Å². The van der Waals surface area contributed by atoms with Crippen LogP contribution < -0.4 is 15.4 Å². The van der Waals surface area contributed by atoms with Crippen molar-refractivity contribution < 1.29 is 14.3 Å². The van der Waals surface area contributed by atoms with E-state index in [1.165, 1.54) is 0 Å². The van der Waals surface area contributed by atoms with Crippen LogP contribution in [0.2, 0.25) is 0 Å². The van der Waals surface area contributed by atoms with Crippen LogP contribution in [0.25, 0.3) is 0 Å². The second-order valence-electron chi connectivity index (χ2n) is 5.46. The molecule has 1 atom stereocenters. The van der Waals surface area contributed by atoms with Crippen LogP contribution in [-0.4, -0.2) is 61.9 Å². The van der Waals surface area contributed by atoms with Crippen molar-refractivity contribution in [2.45, 2.75) is 26.0 Å². The minimum absolute atomic E-state index is 0.196. The lowest BCUT2D eigenvalue weighted by atomic mass is 10.2. The van der Waals surface area contributed by atoms with Gasteiger partial charge in [0.2, 0.25) is 0 Å². The number of morpholine rings is 1. The predicted molar refractivity (Wildman–Crippen MR) is 87.5 cm³/mol. The van der Waals surface area contributed by atoms with Gasteiger partial charge in [-0.3, -0.25) is 9.88 Å². The molecule has 1 saturated heterocycles. The maximum absolute atomic E-state index is 11.8. The summed E-state index contributed by atoms with van der Waals surface area (Å²) in [4.78, 5) is 18.4. The zero-order valence-electron chi connectivity index (χ0n) is 13.9. The zero-order chi connectivity index (χ0) is 16.5. The van der Waals surface area contributed by atoms with Crippen molar-refractivity contribution >= 4 is 6.03 Å². The molecule has 0 radical (unpaired) electrons. The van der Waals surface area contributed by atoms with Crippen LogP contribution in [0.4, 0.5) is 4.79 Å². The summed E-state index contributed by atoms with van der Waals surface area (Å²) < 4.78 is 10.8. The molecule has 0 spiro atoms. The first-order chi connectivity index (χ1) is 11.2. The van der Waals surface area contributed by atoms with Gasteiger partial charge in [0.15, 0.2) is 0 Å². The van der Waals surface area contributed by atoms with Gasteiger partial charge in [0.1, 0.15) is 11.4 Å². The number of aromatic nitrogens is 1. The molecule has 128 valence electrons. The van der Waals surface area contributed by atoms with Crippen LogP contribution >= 0.6 is 0 Å². The van der Waals surface area contributed by atoms with Gasteiger partial charge in [-0.15, -0.1) is 0 Å². The molecule has 1 aliphatic heterocycles. The normalized spacial score (nSPS) is 18.4. The van der Waals surface area contributed by atoms with Gasteiger partial charge in [0, 0.05) is 32.4 Å². The molecule has 2 N–H and O–H groups in total. The first-order valence-corrected chi connectivity index (χ1v) is 8.06. The van der Waals surface area contributed by atoms with E-state index in [4.69, 9.17) is 9.47 Å². The van der Waals surface area contributed by atoms with Gasteiger partial charge in [0.05, 0.1) is 26.4 Å². The summed E-state index contributed by atoms with van der Waals surface area (Å²) in [6.45, 7) is 6.54. The van der Waals surface area contributed by atoms with Gasteiger partial charge >= 0.3 is 6.03 Å². The van der Waals surface area contributed by atoms with Crippen LogP contribution in [0.5, 0.6) is 5.75 Å². The summed E-state index contributed by atoms with van der Waals surface area (Å²) in [5.74, 6) is 0.673. The Morgan fingerprint density at radius 1 is 1.52 bits per heavy atom. The molecule has 0 aliphatic carbocycles. The highest BCUT2D eigenvalue weighted by Crippen LogP contribution is 2.13. The highest BCUT2D eigenvalue weighted by molar-refractivity contribution is 5.73. The number of rotatable bonds is 7. The summed E-state index contributed by atoms with van der Waals surface area (Å²) in [7, 11) is 1.59. The highest BCUT2D eigenvalue weighted by atomic mass is 16.5. The molecule has 0 bridgehead atoms. The first-order valence-electron chi connectivity index (χ1n) is 8.06. The molecule has 23 heavy (non-hydrogen) atoms. The quantitative estimate of drug-likeness (QED) is 0.783. The topological polar surface area (TPSA) is 75.7 Å². The Hall–Kier alpha value is -1.86. The number of methoxy groups -OCH3 is 1. The van der Waals surface area contributed by atoms with E-state index in [9.17, 15) is 4.79 Å². The van der Waals surface area contributed by atoms with Gasteiger partial charge in [-0.05, 0) is 18.6 Å². The maximum atomic E-state index is 11.8. The number of carbonyl (C=O) groups is 1. The van der Waals surface area contributed by atoms with Crippen LogP contribution in [0.3, 0.4) is 0 Å². The average Bonchev–Trinajstić information content (AvgIpc) is 2.60. The molecule has 0 saturated carbocycles.